The number of esters is 1. The Morgan fingerprint density at radius 3 is 2.62 bits per heavy atom. The Morgan fingerprint density at radius 1 is 1.14 bits per heavy atom. The van der Waals surface area contributed by atoms with Gasteiger partial charge in [-0.3, -0.25) is 0 Å². The molecule has 5 heteroatoms. The number of carbonyl (C=O) groups is 1. The van der Waals surface area contributed by atoms with Gasteiger partial charge in [-0.2, -0.15) is 0 Å². The van der Waals surface area contributed by atoms with Crippen LogP contribution >= 0.6 is 0 Å². The van der Waals surface area contributed by atoms with Crippen LogP contribution in [-0.2, 0) is 18.0 Å². The largest absolute Gasteiger partial charge is 0.452 e. The number of aliphatic hydroxyl groups excluding tert-OH is 1. The summed E-state index contributed by atoms with van der Waals surface area (Å²) in [6, 6.07) is 13.9. The van der Waals surface area contributed by atoms with E-state index in [9.17, 15) is 4.79 Å². The van der Waals surface area contributed by atoms with Crippen LogP contribution in [0.15, 0.2) is 52.9 Å². The molecule has 2 aromatic carbocycles. The first-order valence-corrected chi connectivity index (χ1v) is 6.47. The van der Waals surface area contributed by atoms with Crippen molar-refractivity contribution in [2.75, 3.05) is 0 Å². The molecule has 3 aromatic rings. The van der Waals surface area contributed by atoms with Gasteiger partial charge in [-0.15, -0.1) is 0 Å². The summed E-state index contributed by atoms with van der Waals surface area (Å²) in [4.78, 5) is 16.1. The van der Waals surface area contributed by atoms with Gasteiger partial charge in [-0.25, -0.2) is 9.78 Å². The third kappa shape index (κ3) is 2.93. The van der Waals surface area contributed by atoms with Crippen LogP contribution in [0.3, 0.4) is 0 Å². The average Bonchev–Trinajstić information content (AvgIpc) is 2.95. The molecular weight excluding hydrogens is 270 g/mol. The minimum Gasteiger partial charge on any atom is -0.452 e. The number of hydrogen-bond donors (Lipinski definition) is 1. The SMILES string of the molecule is O=C(OCc1nc2ccccc2o1)c1ccc(CO)cc1. The van der Waals surface area contributed by atoms with Crippen molar-refractivity contribution in [3.05, 3.63) is 65.5 Å². The van der Waals surface area contributed by atoms with Crippen molar-refractivity contribution < 1.29 is 19.1 Å². The van der Waals surface area contributed by atoms with Gasteiger partial charge < -0.3 is 14.3 Å². The summed E-state index contributed by atoms with van der Waals surface area (Å²) in [5.41, 5.74) is 2.56. The summed E-state index contributed by atoms with van der Waals surface area (Å²) in [6.07, 6.45) is 0. The molecule has 1 aromatic heterocycles. The molecular formula is C16H13NO4. The van der Waals surface area contributed by atoms with Gasteiger partial charge in [-0.1, -0.05) is 24.3 Å². The summed E-state index contributed by atoms with van der Waals surface area (Å²) in [5.74, 6) is -0.0988. The zero-order valence-electron chi connectivity index (χ0n) is 11.2. The maximum Gasteiger partial charge on any atom is 0.338 e. The molecule has 0 fully saturated rings. The third-order valence-electron chi connectivity index (χ3n) is 3.04. The maximum absolute atomic E-state index is 11.9. The summed E-state index contributed by atoms with van der Waals surface area (Å²) >= 11 is 0. The number of hydrogen-bond acceptors (Lipinski definition) is 5. The standard InChI is InChI=1S/C16H13NO4/c18-9-11-5-7-12(8-6-11)16(19)20-10-15-17-13-3-1-2-4-14(13)21-15/h1-8,18H,9-10H2. The van der Waals surface area contributed by atoms with E-state index in [0.717, 1.165) is 11.1 Å². The number of aromatic nitrogens is 1. The molecule has 0 aliphatic heterocycles. The lowest BCUT2D eigenvalue weighted by Crippen LogP contribution is -2.05. The van der Waals surface area contributed by atoms with E-state index in [-0.39, 0.29) is 13.2 Å². The van der Waals surface area contributed by atoms with E-state index in [1.807, 2.05) is 18.2 Å². The van der Waals surface area contributed by atoms with Gasteiger partial charge in [0.2, 0.25) is 5.89 Å². The van der Waals surface area contributed by atoms with Crippen LogP contribution in [0.25, 0.3) is 11.1 Å². The van der Waals surface area contributed by atoms with Crippen molar-refractivity contribution in [2.24, 2.45) is 0 Å². The van der Waals surface area contributed by atoms with Crippen LogP contribution in [0.4, 0.5) is 0 Å². The molecule has 106 valence electrons. The number of nitrogens with zero attached hydrogens (tertiary/aromatic N) is 1. The lowest BCUT2D eigenvalue weighted by molar-refractivity contribution is 0.0440. The number of carbonyl (C=O) groups excluding carboxylic acids is 1. The van der Waals surface area contributed by atoms with E-state index < -0.39 is 5.97 Å². The van der Waals surface area contributed by atoms with Crippen LogP contribution in [0.2, 0.25) is 0 Å². The maximum atomic E-state index is 11.9. The number of rotatable bonds is 4. The first-order chi connectivity index (χ1) is 10.3. The van der Waals surface area contributed by atoms with Crippen molar-refractivity contribution in [3.8, 4) is 0 Å². The number of oxazole rings is 1. The second kappa shape index (κ2) is 5.76. The first kappa shape index (κ1) is 13.3. The van der Waals surface area contributed by atoms with E-state index >= 15 is 0 Å². The predicted octanol–water partition coefficient (Wildman–Crippen LogP) is 2.68. The number of fused-ring (bicyclic) bond motifs is 1. The van der Waals surface area contributed by atoms with Gasteiger partial charge >= 0.3 is 5.97 Å². The molecule has 0 unspecified atom stereocenters. The molecule has 0 atom stereocenters. The summed E-state index contributed by atoms with van der Waals surface area (Å²) in [7, 11) is 0. The number of ether oxygens (including phenoxy) is 1. The van der Waals surface area contributed by atoms with Gasteiger partial charge in [-0.05, 0) is 29.8 Å². The van der Waals surface area contributed by atoms with Crippen LogP contribution < -0.4 is 0 Å². The van der Waals surface area contributed by atoms with E-state index in [0.29, 0.717) is 17.0 Å². The normalized spacial score (nSPS) is 10.7. The fourth-order valence-corrected chi connectivity index (χ4v) is 1.94. The fraction of sp³-hybridized carbons (Fsp3) is 0.125. The van der Waals surface area contributed by atoms with E-state index in [1.54, 1.807) is 30.3 Å². The van der Waals surface area contributed by atoms with E-state index in [2.05, 4.69) is 4.98 Å². The zero-order valence-corrected chi connectivity index (χ0v) is 11.2. The Bertz CT molecular complexity index is 728. The van der Waals surface area contributed by atoms with Gasteiger partial charge in [0, 0.05) is 0 Å². The Morgan fingerprint density at radius 2 is 1.90 bits per heavy atom. The lowest BCUT2D eigenvalue weighted by Gasteiger charge is -2.03. The van der Waals surface area contributed by atoms with Crippen molar-refractivity contribution in [3.63, 3.8) is 0 Å². The molecule has 1 N–H and O–H groups in total. The predicted molar refractivity (Wildman–Crippen MR) is 75.5 cm³/mol. The second-order valence-electron chi connectivity index (χ2n) is 4.51. The highest BCUT2D eigenvalue weighted by Crippen LogP contribution is 2.15. The van der Waals surface area contributed by atoms with Crippen LogP contribution in [-0.4, -0.2) is 16.1 Å². The molecule has 0 radical (unpaired) electrons. The highest BCUT2D eigenvalue weighted by atomic mass is 16.5. The molecule has 0 bridgehead atoms. The number of benzene rings is 2. The lowest BCUT2D eigenvalue weighted by atomic mass is 10.1. The highest BCUT2D eigenvalue weighted by molar-refractivity contribution is 5.89. The Labute approximate surface area is 120 Å². The molecule has 1 heterocycles. The number of aliphatic hydroxyl groups is 1. The van der Waals surface area contributed by atoms with E-state index in [4.69, 9.17) is 14.3 Å². The fourth-order valence-electron chi connectivity index (χ4n) is 1.94. The second-order valence-corrected chi connectivity index (χ2v) is 4.51. The molecule has 21 heavy (non-hydrogen) atoms. The minimum atomic E-state index is -0.457. The third-order valence-corrected chi connectivity index (χ3v) is 3.04. The van der Waals surface area contributed by atoms with Crippen LogP contribution in [0, 0.1) is 0 Å². The molecule has 0 aliphatic carbocycles. The van der Waals surface area contributed by atoms with Crippen molar-refractivity contribution >= 4 is 17.1 Å². The molecule has 0 saturated heterocycles. The summed E-state index contributed by atoms with van der Waals surface area (Å²) < 4.78 is 10.6. The molecule has 0 spiro atoms. The van der Waals surface area contributed by atoms with Crippen molar-refractivity contribution in [1.29, 1.82) is 0 Å². The smallest absolute Gasteiger partial charge is 0.338 e. The average molecular weight is 283 g/mol. The van der Waals surface area contributed by atoms with Crippen molar-refractivity contribution in [2.45, 2.75) is 13.2 Å². The van der Waals surface area contributed by atoms with E-state index in [1.165, 1.54) is 0 Å². The summed E-state index contributed by atoms with van der Waals surface area (Å²) in [5, 5.41) is 8.95. The zero-order chi connectivity index (χ0) is 14.7. The van der Waals surface area contributed by atoms with Gasteiger partial charge in [0.05, 0.1) is 12.2 Å². The number of para-hydroxylation sites is 2. The molecule has 0 amide bonds. The minimum absolute atomic E-state index is 0.0186. The quantitative estimate of drug-likeness (QED) is 0.745. The van der Waals surface area contributed by atoms with Crippen molar-refractivity contribution in [1.82, 2.24) is 4.98 Å². The Balaban J connectivity index is 1.67. The highest BCUT2D eigenvalue weighted by Gasteiger charge is 2.10. The topological polar surface area (TPSA) is 72.6 Å². The summed E-state index contributed by atoms with van der Waals surface area (Å²) in [6.45, 7) is -0.0759. The Hall–Kier alpha value is -2.66. The molecule has 5 nitrogen and oxygen atoms in total. The van der Waals surface area contributed by atoms with Crippen LogP contribution in [0.1, 0.15) is 21.8 Å². The first-order valence-electron chi connectivity index (χ1n) is 6.47. The van der Waals surface area contributed by atoms with Gasteiger partial charge in [0.1, 0.15) is 5.52 Å². The molecule has 0 aliphatic rings. The van der Waals surface area contributed by atoms with Gasteiger partial charge in [0.25, 0.3) is 0 Å². The monoisotopic (exact) mass is 283 g/mol. The molecule has 3 rings (SSSR count). The Kier molecular flexibility index (Phi) is 3.66. The molecule has 0 saturated carbocycles. The van der Waals surface area contributed by atoms with Gasteiger partial charge in [0.15, 0.2) is 12.2 Å². The van der Waals surface area contributed by atoms with Crippen LogP contribution in [0.5, 0.6) is 0 Å².